The normalized spacial score (nSPS) is 11.7. The predicted octanol–water partition coefficient (Wildman–Crippen LogP) is 0.688. The van der Waals surface area contributed by atoms with Crippen molar-refractivity contribution in [2.75, 3.05) is 5.75 Å². The summed E-state index contributed by atoms with van der Waals surface area (Å²) in [5, 5.41) is 0. The minimum atomic E-state index is -4.12. The molecule has 0 bridgehead atoms. The molecular formula is C6H5F3N2O2S. The van der Waals surface area contributed by atoms with E-state index in [0.717, 1.165) is 0 Å². The molecule has 0 saturated heterocycles. The van der Waals surface area contributed by atoms with Crippen LogP contribution in [0, 0.1) is 18.0 Å². The fourth-order valence-electron chi connectivity index (χ4n) is 0.775. The molecule has 1 heterocycles. The van der Waals surface area contributed by atoms with Crippen LogP contribution in [0.1, 0.15) is 6.92 Å². The number of nitrogens with zero attached hydrogens (tertiary/aromatic N) is 2. The molecule has 0 N–H and O–H groups in total. The van der Waals surface area contributed by atoms with Gasteiger partial charge in [-0.3, -0.25) is 0 Å². The van der Waals surface area contributed by atoms with Gasteiger partial charge in [0.2, 0.25) is 11.9 Å². The van der Waals surface area contributed by atoms with Gasteiger partial charge in [0.25, 0.3) is 0 Å². The summed E-state index contributed by atoms with van der Waals surface area (Å²) in [6.07, 6.45) is -1.64. The summed E-state index contributed by atoms with van der Waals surface area (Å²) in [4.78, 5) is 3.68. The van der Waals surface area contributed by atoms with Gasteiger partial charge in [-0.15, -0.1) is 0 Å². The molecule has 0 spiro atoms. The van der Waals surface area contributed by atoms with Gasteiger partial charge < -0.3 is 0 Å². The molecule has 1 aromatic heterocycles. The lowest BCUT2D eigenvalue weighted by Gasteiger charge is -2.02. The van der Waals surface area contributed by atoms with Gasteiger partial charge in [0.05, 0.1) is 5.75 Å². The van der Waals surface area contributed by atoms with Crippen molar-refractivity contribution >= 4 is 9.84 Å². The Labute approximate surface area is 77.7 Å². The number of rotatable bonds is 2. The highest BCUT2D eigenvalue weighted by Crippen LogP contribution is 2.16. The van der Waals surface area contributed by atoms with Crippen LogP contribution in [0.25, 0.3) is 0 Å². The summed E-state index contributed by atoms with van der Waals surface area (Å²) in [5.41, 5.74) is 0. The monoisotopic (exact) mass is 226 g/mol. The van der Waals surface area contributed by atoms with E-state index in [-0.39, 0.29) is 0 Å². The van der Waals surface area contributed by atoms with Crippen LogP contribution in [-0.4, -0.2) is 24.1 Å². The van der Waals surface area contributed by atoms with Gasteiger partial charge in [-0.05, 0) is 0 Å². The van der Waals surface area contributed by atoms with Crippen LogP contribution in [0.4, 0.5) is 13.2 Å². The molecule has 0 aromatic carbocycles. The maximum absolute atomic E-state index is 12.8. The first-order valence-electron chi connectivity index (χ1n) is 3.49. The maximum atomic E-state index is 12.8. The molecule has 78 valence electrons. The molecule has 0 fully saturated rings. The zero-order valence-electron chi connectivity index (χ0n) is 6.96. The Kier molecular flexibility index (Phi) is 2.74. The van der Waals surface area contributed by atoms with Crippen LogP contribution in [0.15, 0.2) is 4.90 Å². The molecule has 8 heteroatoms. The second kappa shape index (κ2) is 3.52. The largest absolute Gasteiger partial charge is 0.314 e. The second-order valence-electron chi connectivity index (χ2n) is 2.31. The lowest BCUT2D eigenvalue weighted by molar-refractivity contribution is 0.406. The third kappa shape index (κ3) is 1.84. The number of sulfone groups is 1. The highest BCUT2D eigenvalue weighted by Gasteiger charge is 2.25. The van der Waals surface area contributed by atoms with Crippen LogP contribution < -0.4 is 0 Å². The van der Waals surface area contributed by atoms with E-state index in [1.807, 2.05) is 0 Å². The first-order chi connectivity index (χ1) is 6.38. The van der Waals surface area contributed by atoms with Gasteiger partial charge in [-0.25, -0.2) is 8.42 Å². The van der Waals surface area contributed by atoms with Crippen LogP contribution >= 0.6 is 0 Å². The molecule has 0 radical (unpaired) electrons. The molecule has 0 amide bonds. The highest BCUT2D eigenvalue weighted by molar-refractivity contribution is 7.91. The van der Waals surface area contributed by atoms with Crippen molar-refractivity contribution in [3.05, 3.63) is 18.0 Å². The Hall–Kier alpha value is -1.18. The molecule has 4 nitrogen and oxygen atoms in total. The zero-order valence-corrected chi connectivity index (χ0v) is 7.78. The molecule has 0 atom stereocenters. The minimum Gasteiger partial charge on any atom is -0.223 e. The molecule has 0 saturated carbocycles. The number of halogens is 3. The van der Waals surface area contributed by atoms with Gasteiger partial charge in [0.1, 0.15) is 0 Å². The van der Waals surface area contributed by atoms with Crippen LogP contribution in [-0.2, 0) is 9.84 Å². The third-order valence-corrected chi connectivity index (χ3v) is 3.17. The van der Waals surface area contributed by atoms with Gasteiger partial charge in [-0.2, -0.15) is 23.1 Å². The summed E-state index contributed by atoms with van der Waals surface area (Å²) in [7, 11) is -4.12. The van der Waals surface area contributed by atoms with E-state index in [1.54, 1.807) is 0 Å². The minimum absolute atomic E-state index is 0.518. The molecule has 0 aliphatic rings. The maximum Gasteiger partial charge on any atom is 0.314 e. The summed E-state index contributed by atoms with van der Waals surface area (Å²) >= 11 is 0. The Morgan fingerprint density at radius 1 is 1.14 bits per heavy atom. The predicted molar refractivity (Wildman–Crippen MR) is 39.6 cm³/mol. The first-order valence-corrected chi connectivity index (χ1v) is 5.15. The standard InChI is InChI=1S/C6H5F3N2O2S/c1-2-14(12,13)3-4(7)10-6(9)11-5(3)8/h2H2,1H3. The smallest absolute Gasteiger partial charge is 0.223 e. The molecule has 0 aliphatic heterocycles. The van der Waals surface area contributed by atoms with Gasteiger partial charge in [0.15, 0.2) is 14.7 Å². The van der Waals surface area contributed by atoms with Crippen LogP contribution in [0.2, 0.25) is 0 Å². The van der Waals surface area contributed by atoms with Crippen molar-refractivity contribution in [2.45, 2.75) is 11.8 Å². The fourth-order valence-corrected chi connectivity index (χ4v) is 1.67. The topological polar surface area (TPSA) is 59.9 Å². The van der Waals surface area contributed by atoms with Crippen molar-refractivity contribution < 1.29 is 21.6 Å². The lowest BCUT2D eigenvalue weighted by atomic mass is 10.6. The Morgan fingerprint density at radius 2 is 1.57 bits per heavy atom. The van der Waals surface area contributed by atoms with Crippen molar-refractivity contribution in [1.29, 1.82) is 0 Å². The average Bonchev–Trinajstić information content (AvgIpc) is 2.01. The van der Waals surface area contributed by atoms with Gasteiger partial charge in [0, 0.05) is 0 Å². The van der Waals surface area contributed by atoms with Crippen LogP contribution in [0.3, 0.4) is 0 Å². The molecule has 0 unspecified atom stereocenters. The number of hydrogen-bond donors (Lipinski definition) is 0. The molecule has 0 aliphatic carbocycles. The van der Waals surface area contributed by atoms with E-state index < -0.39 is 38.5 Å². The van der Waals surface area contributed by atoms with E-state index in [2.05, 4.69) is 9.97 Å². The van der Waals surface area contributed by atoms with Crippen molar-refractivity contribution in [1.82, 2.24) is 9.97 Å². The lowest BCUT2D eigenvalue weighted by Crippen LogP contribution is -2.13. The van der Waals surface area contributed by atoms with Crippen LogP contribution in [0.5, 0.6) is 0 Å². The Morgan fingerprint density at radius 3 is 1.93 bits per heavy atom. The summed E-state index contributed by atoms with van der Waals surface area (Å²) in [5.74, 6) is -3.94. The third-order valence-electron chi connectivity index (χ3n) is 1.45. The summed E-state index contributed by atoms with van der Waals surface area (Å²) in [6, 6.07) is 0. The molecule has 1 aromatic rings. The fraction of sp³-hybridized carbons (Fsp3) is 0.333. The molecule has 14 heavy (non-hydrogen) atoms. The van der Waals surface area contributed by atoms with Crippen molar-refractivity contribution in [3.63, 3.8) is 0 Å². The zero-order chi connectivity index (χ0) is 10.9. The highest BCUT2D eigenvalue weighted by atomic mass is 32.2. The second-order valence-corrected chi connectivity index (χ2v) is 4.52. The van der Waals surface area contributed by atoms with E-state index in [0.29, 0.717) is 0 Å². The number of aromatic nitrogens is 2. The summed E-state index contributed by atoms with van der Waals surface area (Å²) in [6.45, 7) is 1.19. The van der Waals surface area contributed by atoms with Gasteiger partial charge in [-0.1, -0.05) is 6.92 Å². The summed E-state index contributed by atoms with van der Waals surface area (Å²) < 4.78 is 59.9. The first kappa shape index (κ1) is 10.9. The average molecular weight is 226 g/mol. The van der Waals surface area contributed by atoms with E-state index in [4.69, 9.17) is 0 Å². The SMILES string of the molecule is CCS(=O)(=O)c1c(F)nc(F)nc1F. The Balaban J connectivity index is 3.51. The number of hydrogen-bond acceptors (Lipinski definition) is 4. The quantitative estimate of drug-likeness (QED) is 0.549. The molecule has 1 rings (SSSR count). The Bertz CT molecular complexity index is 437. The van der Waals surface area contributed by atoms with Crippen molar-refractivity contribution in [2.24, 2.45) is 0 Å². The molecular weight excluding hydrogens is 221 g/mol. The van der Waals surface area contributed by atoms with Gasteiger partial charge >= 0.3 is 6.08 Å². The van der Waals surface area contributed by atoms with E-state index >= 15 is 0 Å². The van der Waals surface area contributed by atoms with E-state index in [9.17, 15) is 21.6 Å². The van der Waals surface area contributed by atoms with E-state index in [1.165, 1.54) is 6.92 Å². The van der Waals surface area contributed by atoms with Crippen molar-refractivity contribution in [3.8, 4) is 0 Å².